The fraction of sp³-hybridized carbons (Fsp3) is 0.468. The maximum atomic E-state index is 14.3. The van der Waals surface area contributed by atoms with Gasteiger partial charge in [-0.2, -0.15) is 0 Å². The summed E-state index contributed by atoms with van der Waals surface area (Å²) in [4.78, 5) is 148. The maximum absolute atomic E-state index is 14.3. The molecule has 13 N–H and O–H groups in total. The van der Waals surface area contributed by atoms with Crippen molar-refractivity contribution in [3.63, 3.8) is 0 Å². The van der Waals surface area contributed by atoms with E-state index in [9.17, 15) is 83.8 Å². The smallest absolute Gasteiger partial charge is 0.305 e. The number of nitrogens with one attached hydrogen (secondary N) is 6. The van der Waals surface area contributed by atoms with Crippen molar-refractivity contribution in [2.75, 3.05) is 6.54 Å². The zero-order valence-corrected chi connectivity index (χ0v) is 40.3. The molecule has 1 fully saturated rings. The van der Waals surface area contributed by atoms with E-state index in [0.717, 1.165) is 4.90 Å². The molecule has 0 aromatic heterocycles. The molecule has 0 aliphatic carbocycles. The number of nitrogens with two attached hydrogens (primary N) is 1. The number of nitrogens with zero attached hydrogens (tertiary/aromatic N) is 4. The van der Waals surface area contributed by atoms with Crippen LogP contribution in [0.25, 0.3) is 10.4 Å². The first-order chi connectivity index (χ1) is 34.9. The van der Waals surface area contributed by atoms with Crippen molar-refractivity contribution in [2.24, 2.45) is 16.8 Å². The number of carbonyl (C=O) groups is 11. The normalized spacial score (nSPS) is 15.6. The number of likely N-dealkylation sites (tertiary alicyclic amines) is 1. The molecule has 27 nitrogen and oxygen atoms in total. The van der Waals surface area contributed by atoms with E-state index < -0.39 is 146 Å². The number of phenols is 2. The lowest BCUT2D eigenvalue weighted by Gasteiger charge is -2.31. The third-order valence-electron chi connectivity index (χ3n) is 11.3. The van der Waals surface area contributed by atoms with Gasteiger partial charge < -0.3 is 68.1 Å². The number of primary amides is 1. The molecular weight excluding hydrogens is 975 g/mol. The van der Waals surface area contributed by atoms with E-state index in [0.29, 0.717) is 5.56 Å². The van der Waals surface area contributed by atoms with Crippen LogP contribution in [0.2, 0.25) is 0 Å². The highest BCUT2D eigenvalue weighted by molar-refractivity contribution is 5.99. The number of carbonyl (C=O) groups excluding carboxylic acids is 8. The number of azide groups is 1. The average Bonchev–Trinajstić information content (AvgIpc) is 3.83. The van der Waals surface area contributed by atoms with Crippen molar-refractivity contribution in [3.05, 3.63) is 70.1 Å². The quantitative estimate of drug-likeness (QED) is 0.0208. The van der Waals surface area contributed by atoms with Crippen LogP contribution in [-0.4, -0.2) is 144 Å². The van der Waals surface area contributed by atoms with Crippen LogP contribution >= 0.6 is 0 Å². The highest BCUT2D eigenvalue weighted by atomic mass is 16.4. The van der Waals surface area contributed by atoms with Crippen LogP contribution in [0.5, 0.6) is 11.5 Å². The molecule has 1 aliphatic heterocycles. The monoisotopic (exact) mass is 1030 g/mol. The topological polar surface area (TPSA) is 439 Å². The van der Waals surface area contributed by atoms with Crippen LogP contribution in [0.1, 0.15) is 88.8 Å². The highest BCUT2D eigenvalue weighted by Gasteiger charge is 2.41. The van der Waals surface area contributed by atoms with E-state index in [1.807, 2.05) is 0 Å². The Hall–Kier alpha value is -8.92. The molecule has 398 valence electrons. The number of carboxylic acid groups (broad SMARTS) is 3. The van der Waals surface area contributed by atoms with Gasteiger partial charge in [-0.25, -0.2) is 0 Å². The minimum absolute atomic E-state index is 0.000366. The van der Waals surface area contributed by atoms with Crippen LogP contribution < -0.4 is 37.6 Å². The Morgan fingerprint density at radius 1 is 0.703 bits per heavy atom. The fourth-order valence-corrected chi connectivity index (χ4v) is 7.66. The number of amides is 8. The molecule has 0 radical (unpaired) electrons. The van der Waals surface area contributed by atoms with E-state index in [4.69, 9.17) is 12.2 Å². The molecule has 1 unspecified atom stereocenters. The SMILES string of the molecule is C#CC[C@H](NC(=O)[C@H](CCC(=O)O)NC(=O)[C@H](CC(C)C)NC(=O)[C@@H]1CCCN1C(=O)[C@H](CCC(=O)O)NC(=O)[C@H](CC(=O)O)NC(=O)[C@H](Cc1ccc(O)cc1)NC(=O)C(N=[N+]=[N-])c1ccc(O)cc1)C(N)=O. The molecule has 8 atom stereocenters. The molecule has 0 spiro atoms. The molecular formula is C47H59N11O16. The Labute approximate surface area is 423 Å². The van der Waals surface area contributed by atoms with Gasteiger partial charge in [-0.3, -0.25) is 52.7 Å². The highest BCUT2D eigenvalue weighted by Crippen LogP contribution is 2.23. The van der Waals surface area contributed by atoms with Crippen LogP contribution in [0.15, 0.2) is 53.6 Å². The Bertz CT molecular complexity index is 2490. The summed E-state index contributed by atoms with van der Waals surface area (Å²) < 4.78 is 0. The Morgan fingerprint density at radius 3 is 1.74 bits per heavy atom. The minimum atomic E-state index is -2.00. The summed E-state index contributed by atoms with van der Waals surface area (Å²) in [5, 5.41) is 66.0. The number of hydrogen-bond acceptors (Lipinski definition) is 14. The van der Waals surface area contributed by atoms with Gasteiger partial charge in [-0.05, 0) is 78.9 Å². The largest absolute Gasteiger partial charge is 0.508 e. The Kier molecular flexibility index (Phi) is 23.1. The van der Waals surface area contributed by atoms with Crippen molar-refractivity contribution >= 4 is 65.2 Å². The van der Waals surface area contributed by atoms with Crippen molar-refractivity contribution in [1.82, 2.24) is 36.8 Å². The van der Waals surface area contributed by atoms with Crippen LogP contribution in [0.4, 0.5) is 0 Å². The van der Waals surface area contributed by atoms with E-state index in [2.05, 4.69) is 47.8 Å². The zero-order chi connectivity index (χ0) is 55.2. The van der Waals surface area contributed by atoms with E-state index in [-0.39, 0.29) is 61.6 Å². The summed E-state index contributed by atoms with van der Waals surface area (Å²) >= 11 is 0. The molecule has 3 rings (SSSR count). The van der Waals surface area contributed by atoms with Gasteiger partial charge >= 0.3 is 17.9 Å². The summed E-state index contributed by atoms with van der Waals surface area (Å²) in [6.07, 6.45) is 1.22. The van der Waals surface area contributed by atoms with Crippen molar-refractivity contribution < 1.29 is 78.3 Å². The molecule has 8 amide bonds. The van der Waals surface area contributed by atoms with Crippen molar-refractivity contribution in [2.45, 2.75) is 126 Å². The van der Waals surface area contributed by atoms with Gasteiger partial charge in [0.15, 0.2) is 0 Å². The molecule has 1 heterocycles. The van der Waals surface area contributed by atoms with Gasteiger partial charge in [-0.1, -0.05) is 43.2 Å². The predicted molar refractivity (Wildman–Crippen MR) is 256 cm³/mol. The van der Waals surface area contributed by atoms with Crippen molar-refractivity contribution in [1.29, 1.82) is 0 Å². The lowest BCUT2D eigenvalue weighted by molar-refractivity contribution is -0.144. The number of rotatable bonds is 29. The lowest BCUT2D eigenvalue weighted by atomic mass is 10.0. The summed E-state index contributed by atoms with van der Waals surface area (Å²) in [5.74, 6) is -11.1. The second kappa shape index (κ2) is 28.8. The average molecular weight is 1030 g/mol. The minimum Gasteiger partial charge on any atom is -0.508 e. The Balaban J connectivity index is 1.90. The van der Waals surface area contributed by atoms with E-state index >= 15 is 0 Å². The zero-order valence-electron chi connectivity index (χ0n) is 40.3. The molecule has 2 aromatic carbocycles. The maximum Gasteiger partial charge on any atom is 0.305 e. The first-order valence-corrected chi connectivity index (χ1v) is 23.1. The molecule has 0 bridgehead atoms. The fourth-order valence-electron chi connectivity index (χ4n) is 7.66. The number of aromatic hydroxyl groups is 2. The first-order valence-electron chi connectivity index (χ1n) is 23.1. The number of benzene rings is 2. The van der Waals surface area contributed by atoms with Crippen molar-refractivity contribution in [3.8, 4) is 23.8 Å². The second-order valence-corrected chi connectivity index (χ2v) is 17.5. The molecule has 2 aromatic rings. The molecule has 27 heteroatoms. The van der Waals surface area contributed by atoms with E-state index in [1.54, 1.807) is 13.8 Å². The molecule has 1 saturated heterocycles. The van der Waals surface area contributed by atoms with Gasteiger partial charge in [-0.15, -0.1) is 12.3 Å². The predicted octanol–water partition coefficient (Wildman–Crippen LogP) is -0.649. The number of terminal acetylenes is 1. The first kappa shape index (κ1) is 59.4. The number of phenolic OH excluding ortho intramolecular Hbond substituents is 2. The van der Waals surface area contributed by atoms with Crippen LogP contribution in [0.3, 0.4) is 0 Å². The summed E-state index contributed by atoms with van der Waals surface area (Å²) in [6, 6.07) is -2.35. The molecule has 74 heavy (non-hydrogen) atoms. The van der Waals surface area contributed by atoms with Gasteiger partial charge in [0.1, 0.15) is 59.8 Å². The standard InChI is InChI=1S/C47H59N11O16/c1-4-6-29(40(48)67)50-41(68)30(16-18-36(61)62)51-42(69)32(21-24(2)3)54-45(72)35-7-5-20-58(35)47(74)31(17-19-37(63)64)52-44(71)34(23-38(65)66)53-43(70)33(22-25-8-12-27(59)13-9-25)55-46(73)39(56-57-49)26-10-14-28(60)15-11-26/h1,8-15,24,29-35,39,59-60H,5-7,16-23H2,2-3H3,(H2,48,67)(H,50,68)(H,51,69)(H,52,71)(H,53,70)(H,54,72)(H,55,73)(H,61,62)(H,63,64)(H,65,66)/t29-,30-,31-,32-,33-,34-,35-,39?/m0/s1. The van der Waals surface area contributed by atoms with Gasteiger partial charge in [0.05, 0.1) is 6.42 Å². The van der Waals surface area contributed by atoms with E-state index in [1.165, 1.54) is 48.5 Å². The van der Waals surface area contributed by atoms with Gasteiger partial charge in [0, 0.05) is 37.1 Å². The summed E-state index contributed by atoms with van der Waals surface area (Å²) in [6.45, 7) is 3.28. The third kappa shape index (κ3) is 19.0. The summed E-state index contributed by atoms with van der Waals surface area (Å²) in [5.41, 5.74) is 15.0. The molecule has 1 aliphatic rings. The number of hydrogen-bond donors (Lipinski definition) is 12. The lowest BCUT2D eigenvalue weighted by Crippen LogP contribution is -2.60. The van der Waals surface area contributed by atoms with Gasteiger partial charge in [0.25, 0.3) is 0 Å². The molecule has 0 saturated carbocycles. The van der Waals surface area contributed by atoms with Gasteiger partial charge in [0.2, 0.25) is 47.3 Å². The second-order valence-electron chi connectivity index (χ2n) is 17.5. The number of carboxylic acids is 3. The third-order valence-corrected chi connectivity index (χ3v) is 11.3. The van der Waals surface area contributed by atoms with Crippen LogP contribution in [0, 0.1) is 18.3 Å². The van der Waals surface area contributed by atoms with Crippen LogP contribution in [-0.2, 0) is 59.2 Å². The summed E-state index contributed by atoms with van der Waals surface area (Å²) in [7, 11) is 0. The number of aliphatic carboxylic acids is 3. The Morgan fingerprint density at radius 2 is 1.20 bits per heavy atom.